The second-order valence-electron chi connectivity index (χ2n) is 7.72. The molecule has 2 aliphatic rings. The normalized spacial score (nSPS) is 22.4. The number of rotatable bonds is 2. The van der Waals surface area contributed by atoms with Crippen molar-refractivity contribution in [3.63, 3.8) is 0 Å². The molecule has 0 bridgehead atoms. The molecular weight excluding hydrogens is 443 g/mol. The Kier molecular flexibility index (Phi) is 3.61. The van der Waals surface area contributed by atoms with Crippen LogP contribution in [0.3, 0.4) is 0 Å². The summed E-state index contributed by atoms with van der Waals surface area (Å²) in [5, 5.41) is 0. The molecule has 0 nitrogen and oxygen atoms in total. The summed E-state index contributed by atoms with van der Waals surface area (Å²) in [6.07, 6.45) is 4.86. The van der Waals surface area contributed by atoms with E-state index in [-0.39, 0.29) is 0 Å². The molecule has 0 aliphatic heterocycles. The number of allylic oxidation sites excluding steroid dienone is 2. The van der Waals surface area contributed by atoms with Crippen molar-refractivity contribution in [2.45, 2.75) is 30.6 Å². The third-order valence-electron chi connectivity index (χ3n) is 5.78. The van der Waals surface area contributed by atoms with Gasteiger partial charge in [0.1, 0.15) is 0 Å². The van der Waals surface area contributed by atoms with Crippen molar-refractivity contribution >= 4 is 12.2 Å². The molecule has 1 heteroatoms. The Morgan fingerprint density at radius 2 is 1.04 bits per heavy atom. The molecule has 2 aromatic rings. The van der Waals surface area contributed by atoms with Crippen LogP contribution in [0.25, 0.3) is 12.2 Å². The Morgan fingerprint density at radius 1 is 0.652 bits per heavy atom. The van der Waals surface area contributed by atoms with Gasteiger partial charge >= 0.3 is 145 Å². The van der Waals surface area contributed by atoms with Gasteiger partial charge in [-0.25, -0.2) is 0 Å². The van der Waals surface area contributed by atoms with Crippen molar-refractivity contribution in [3.8, 4) is 0 Å². The minimum absolute atomic E-state index is 0.707. The van der Waals surface area contributed by atoms with Crippen molar-refractivity contribution in [2.75, 3.05) is 0 Å². The number of benzene rings is 2. The third kappa shape index (κ3) is 2.28. The van der Waals surface area contributed by atoms with Gasteiger partial charge in [-0.05, 0) is 0 Å². The number of fused-ring (bicyclic) bond motifs is 2. The zero-order valence-electron chi connectivity index (χ0n) is 14.4. The summed E-state index contributed by atoms with van der Waals surface area (Å²) in [4.78, 5) is 0. The fourth-order valence-electron chi connectivity index (χ4n) is 5.10. The summed E-state index contributed by atoms with van der Waals surface area (Å²) < 4.78 is 6.75. The Morgan fingerprint density at radius 3 is 1.48 bits per heavy atom. The molecule has 0 saturated heterocycles. The molecule has 2 aliphatic carbocycles. The summed E-state index contributed by atoms with van der Waals surface area (Å²) in [7, 11) is 0. The molecule has 0 saturated carbocycles. The van der Waals surface area contributed by atoms with E-state index in [1.165, 1.54) is 11.1 Å². The van der Waals surface area contributed by atoms with E-state index in [4.69, 9.17) is 0 Å². The van der Waals surface area contributed by atoms with Gasteiger partial charge < -0.3 is 0 Å². The zero-order chi connectivity index (χ0) is 16.2. The van der Waals surface area contributed by atoms with Gasteiger partial charge in [-0.3, -0.25) is 0 Å². The number of hydrogen-bond acceptors (Lipinski definition) is 0. The van der Waals surface area contributed by atoms with Crippen molar-refractivity contribution in [2.24, 2.45) is 0 Å². The van der Waals surface area contributed by atoms with Gasteiger partial charge in [0.25, 0.3) is 0 Å². The van der Waals surface area contributed by atoms with Crippen LogP contribution in [0, 0.1) is 0 Å². The average Bonchev–Trinajstić information content (AvgIpc) is 3.02. The summed E-state index contributed by atoms with van der Waals surface area (Å²) in [6.45, 7) is 4.71. The predicted octanol–water partition coefficient (Wildman–Crippen LogP) is 6.55. The molecule has 0 amide bonds. The van der Waals surface area contributed by atoms with Gasteiger partial charge in [-0.15, -0.1) is 0 Å². The molecule has 2 aromatic carbocycles. The topological polar surface area (TPSA) is 0 Å². The van der Waals surface area contributed by atoms with E-state index in [1.54, 1.807) is 22.3 Å². The zero-order valence-corrected chi connectivity index (χ0v) is 18.0. The second-order valence-corrected chi connectivity index (χ2v) is 25.0. The van der Waals surface area contributed by atoms with Gasteiger partial charge in [0.2, 0.25) is 0 Å². The standard InChI is InChI=1S/2C10H9.2CH3.Hf/c2*1-8-6-9-4-2-3-5-10(9)7-8;;;/h2*2-7H,1H3;2*1H3;. The van der Waals surface area contributed by atoms with Gasteiger partial charge in [0.05, 0.1) is 0 Å². The average molecular weight is 467 g/mol. The van der Waals surface area contributed by atoms with Crippen LogP contribution in [0.15, 0.2) is 59.7 Å². The molecule has 0 heterocycles. The van der Waals surface area contributed by atoms with Crippen molar-refractivity contribution < 1.29 is 20.0 Å². The molecule has 116 valence electrons. The van der Waals surface area contributed by atoms with Crippen LogP contribution < -0.4 is 0 Å². The van der Waals surface area contributed by atoms with Crippen LogP contribution in [-0.4, -0.2) is 0 Å². The molecule has 0 fully saturated rings. The van der Waals surface area contributed by atoms with E-state index in [0.717, 1.165) is 0 Å². The SMILES string of the molecule is CC1=Cc2ccccc2[CH]1[Hf]([CH3])([CH3])[CH]1C(C)=Cc2ccccc21. The van der Waals surface area contributed by atoms with E-state index in [0.29, 0.717) is 7.35 Å². The van der Waals surface area contributed by atoms with E-state index in [9.17, 15) is 0 Å². The first-order valence-electron chi connectivity index (χ1n) is 8.54. The van der Waals surface area contributed by atoms with Crippen molar-refractivity contribution in [3.05, 3.63) is 81.9 Å². The van der Waals surface area contributed by atoms with Gasteiger partial charge in [-0.2, -0.15) is 0 Å². The summed E-state index contributed by atoms with van der Waals surface area (Å²) in [6, 6.07) is 18.1. The first-order chi connectivity index (χ1) is 11.0. The van der Waals surface area contributed by atoms with Gasteiger partial charge in [0.15, 0.2) is 0 Å². The van der Waals surface area contributed by atoms with Gasteiger partial charge in [0, 0.05) is 0 Å². The molecule has 0 radical (unpaired) electrons. The molecule has 0 spiro atoms. The van der Waals surface area contributed by atoms with Gasteiger partial charge in [-0.1, -0.05) is 0 Å². The van der Waals surface area contributed by atoms with Crippen molar-refractivity contribution in [1.82, 2.24) is 0 Å². The Hall–Kier alpha value is -1.21. The third-order valence-corrected chi connectivity index (χ3v) is 22.0. The fraction of sp³-hybridized carbons (Fsp3) is 0.273. The molecule has 4 rings (SSSR count). The maximum absolute atomic E-state index is 2.67. The second kappa shape index (κ2) is 5.41. The number of hydrogen-bond donors (Lipinski definition) is 0. The summed E-state index contributed by atoms with van der Waals surface area (Å²) >= 11 is -2.66. The van der Waals surface area contributed by atoms with E-state index in [1.807, 2.05) is 0 Å². The van der Waals surface area contributed by atoms with E-state index >= 15 is 0 Å². The van der Waals surface area contributed by atoms with Crippen LogP contribution in [0.4, 0.5) is 0 Å². The van der Waals surface area contributed by atoms with Crippen LogP contribution in [0.1, 0.15) is 43.5 Å². The quantitative estimate of drug-likeness (QED) is 0.440. The summed E-state index contributed by atoms with van der Waals surface area (Å²) in [5.74, 6) is 0. The monoisotopic (exact) mass is 468 g/mol. The minimum atomic E-state index is -2.66. The van der Waals surface area contributed by atoms with E-state index in [2.05, 4.69) is 83.9 Å². The molecule has 0 N–H and O–H groups in total. The Bertz CT molecular complexity index is 769. The first kappa shape index (κ1) is 15.3. The molecule has 23 heavy (non-hydrogen) atoms. The van der Waals surface area contributed by atoms with Crippen LogP contribution >= 0.6 is 0 Å². The maximum atomic E-state index is 2.67. The molecule has 2 atom stereocenters. The van der Waals surface area contributed by atoms with E-state index < -0.39 is 20.0 Å². The van der Waals surface area contributed by atoms with Crippen molar-refractivity contribution in [1.29, 1.82) is 0 Å². The molecule has 2 unspecified atom stereocenters. The Labute approximate surface area is 144 Å². The fourth-order valence-corrected chi connectivity index (χ4v) is 23.0. The predicted molar refractivity (Wildman–Crippen MR) is 97.4 cm³/mol. The summed E-state index contributed by atoms with van der Waals surface area (Å²) in [5.41, 5.74) is 9.28. The molecular formula is C22H24Hf. The Balaban J connectivity index is 1.84. The van der Waals surface area contributed by atoms with Crippen LogP contribution in [0.2, 0.25) is 9.36 Å². The first-order valence-corrected chi connectivity index (χ1v) is 19.9. The van der Waals surface area contributed by atoms with Crippen LogP contribution in [0.5, 0.6) is 0 Å². The van der Waals surface area contributed by atoms with Crippen LogP contribution in [-0.2, 0) is 20.0 Å². The molecule has 0 aromatic heterocycles.